The summed E-state index contributed by atoms with van der Waals surface area (Å²) in [4.78, 5) is 50.4. The molecule has 0 aromatic carbocycles. The van der Waals surface area contributed by atoms with Crippen molar-refractivity contribution in [1.29, 1.82) is 0 Å². The lowest BCUT2D eigenvalue weighted by atomic mass is 9.33. The highest BCUT2D eigenvalue weighted by Gasteiger charge is 2.70. The molecule has 0 spiro atoms. The molecule has 4 saturated carbocycles. The van der Waals surface area contributed by atoms with Gasteiger partial charge in [-0.1, -0.05) is 60.1 Å². The smallest absolute Gasteiger partial charge is 0.338 e. The number of aliphatic hydroxyl groups excluding tert-OH is 9. The lowest BCUT2D eigenvalue weighted by molar-refractivity contribution is -0.372. The summed E-state index contributed by atoms with van der Waals surface area (Å²) < 4.78 is 33.8. The van der Waals surface area contributed by atoms with Crippen LogP contribution < -0.4 is 0 Å². The van der Waals surface area contributed by atoms with Gasteiger partial charge < -0.3 is 89.4 Å². The minimum absolute atomic E-state index is 0.0253. The molecule has 0 radical (unpaired) electrons. The number of fused-ring (bicyclic) bond motifs is 7. The number of rotatable bonds is 9. The zero-order valence-corrected chi connectivity index (χ0v) is 40.1. The van der Waals surface area contributed by atoms with E-state index in [1.165, 1.54) is 5.57 Å². The van der Waals surface area contributed by atoms with Crippen molar-refractivity contribution >= 4 is 24.2 Å². The first kappa shape index (κ1) is 52.6. The van der Waals surface area contributed by atoms with Crippen molar-refractivity contribution in [3.05, 3.63) is 11.6 Å². The van der Waals surface area contributed by atoms with Crippen molar-refractivity contribution in [1.82, 2.24) is 0 Å². The van der Waals surface area contributed by atoms with E-state index in [0.29, 0.717) is 12.8 Å². The van der Waals surface area contributed by atoms with Crippen LogP contribution in [0, 0.1) is 50.2 Å². The Kier molecular flexibility index (Phi) is 13.7. The number of hydrogen-bond acceptors (Lipinski definition) is 19. The second kappa shape index (κ2) is 18.0. The Labute approximate surface area is 399 Å². The van der Waals surface area contributed by atoms with Crippen LogP contribution in [-0.4, -0.2) is 185 Å². The molecule has 0 amide bonds. The zero-order valence-electron chi connectivity index (χ0n) is 40.1. The second-order valence-electron chi connectivity index (χ2n) is 23.5. The van der Waals surface area contributed by atoms with Crippen molar-refractivity contribution in [3.63, 3.8) is 0 Å². The van der Waals surface area contributed by atoms with Crippen molar-refractivity contribution in [2.75, 3.05) is 0 Å². The molecule has 5 aliphatic carbocycles. The maximum absolute atomic E-state index is 13.1. The summed E-state index contributed by atoms with van der Waals surface area (Å²) in [5.41, 5.74) is -0.883. The Hall–Kier alpha value is -2.74. The van der Waals surface area contributed by atoms with Gasteiger partial charge in [0.2, 0.25) is 0 Å². The van der Waals surface area contributed by atoms with Gasteiger partial charge in [-0.05, 0) is 96.7 Å². The first-order valence-corrected chi connectivity index (χ1v) is 24.2. The number of allylic oxidation sites excluding steroid dienone is 1. The highest BCUT2D eigenvalue weighted by atomic mass is 16.8. The molecule has 21 heteroatoms. The van der Waals surface area contributed by atoms with E-state index in [4.69, 9.17) is 28.4 Å². The Morgan fingerprint density at radius 3 is 1.88 bits per heavy atom. The molecule has 8 rings (SSSR count). The SMILES string of the molecule is CC1(C)[C@@H](O[C@H]2O[C@H](C(=O)O)[C@@H](O)[C@H](O)[C@H]2O[C@@H]2O[C@H](C(=O)O)[C@@H](OC(=O)C3OC(O)C(O)C(O)C3O)[C@H](O)[C@H]2O)CC[C@]2(C)C3C(O)C=C4[C@@H]5C[C@@](C)(C=O)CC[C@]5(C)CCC4(C)[C@]3(C)CC[C@@H]12. The molecule has 25 atom stereocenters. The summed E-state index contributed by atoms with van der Waals surface area (Å²) in [5.74, 6) is -5.26. The Bertz CT molecular complexity index is 2030. The topological polar surface area (TPSA) is 346 Å². The van der Waals surface area contributed by atoms with Gasteiger partial charge in [0.05, 0.1) is 12.2 Å². The van der Waals surface area contributed by atoms with Crippen LogP contribution in [-0.2, 0) is 47.6 Å². The van der Waals surface area contributed by atoms with Crippen LogP contribution in [0.2, 0.25) is 0 Å². The molecule has 0 aromatic rings. The minimum Gasteiger partial charge on any atom is -0.479 e. The number of aldehydes is 1. The largest absolute Gasteiger partial charge is 0.479 e. The molecule has 8 unspecified atom stereocenters. The predicted octanol–water partition coefficient (Wildman–Crippen LogP) is -0.497. The molecule has 3 aliphatic heterocycles. The number of carboxylic acids is 2. The molecule has 0 bridgehead atoms. The van der Waals surface area contributed by atoms with E-state index < -0.39 is 138 Å². The quantitative estimate of drug-likeness (QED) is 0.0600. The Morgan fingerprint density at radius 1 is 0.638 bits per heavy atom. The van der Waals surface area contributed by atoms with Crippen LogP contribution in [0.3, 0.4) is 0 Å². The van der Waals surface area contributed by atoms with Crippen LogP contribution in [0.15, 0.2) is 11.6 Å². The van der Waals surface area contributed by atoms with Crippen molar-refractivity contribution < 1.29 is 104 Å². The van der Waals surface area contributed by atoms with E-state index in [-0.39, 0.29) is 34.0 Å². The van der Waals surface area contributed by atoms with Gasteiger partial charge in [-0.25, -0.2) is 14.4 Å². The lowest BCUT2D eigenvalue weighted by Crippen LogP contribution is -2.68. The van der Waals surface area contributed by atoms with Crippen molar-refractivity contribution in [2.45, 2.75) is 211 Å². The lowest BCUT2D eigenvalue weighted by Gasteiger charge is -2.72. The fourth-order valence-corrected chi connectivity index (χ4v) is 15.0. The summed E-state index contributed by atoms with van der Waals surface area (Å²) in [7, 11) is 0. The molecule has 3 saturated heterocycles. The molecule has 11 N–H and O–H groups in total. The average Bonchev–Trinajstić information content (AvgIpc) is 3.27. The molecule has 8 aliphatic rings. The third-order valence-electron chi connectivity index (χ3n) is 19.3. The van der Waals surface area contributed by atoms with Crippen molar-refractivity contribution in [2.24, 2.45) is 50.2 Å². The Morgan fingerprint density at radius 2 is 1.25 bits per heavy atom. The summed E-state index contributed by atoms with van der Waals surface area (Å²) in [6, 6.07) is 0. The molecular weight excluding hydrogens is 913 g/mol. The van der Waals surface area contributed by atoms with E-state index >= 15 is 0 Å². The molecule has 390 valence electrons. The minimum atomic E-state index is -2.35. The Balaban J connectivity index is 1.03. The number of carbonyl (C=O) groups excluding carboxylic acids is 2. The highest BCUT2D eigenvalue weighted by molar-refractivity contribution is 5.78. The predicted molar refractivity (Wildman–Crippen MR) is 232 cm³/mol. The monoisotopic (exact) mass is 984 g/mol. The number of hydrogen-bond donors (Lipinski definition) is 11. The van der Waals surface area contributed by atoms with E-state index in [1.807, 2.05) is 20.8 Å². The van der Waals surface area contributed by atoms with E-state index in [2.05, 4.69) is 33.8 Å². The van der Waals surface area contributed by atoms with Gasteiger partial charge in [0.25, 0.3) is 0 Å². The van der Waals surface area contributed by atoms with Crippen LogP contribution in [0.4, 0.5) is 0 Å². The van der Waals surface area contributed by atoms with Crippen molar-refractivity contribution in [3.8, 4) is 0 Å². The van der Waals surface area contributed by atoms with Crippen LogP contribution in [0.5, 0.6) is 0 Å². The normalized spacial score (nSPS) is 53.8. The third-order valence-corrected chi connectivity index (χ3v) is 19.3. The van der Waals surface area contributed by atoms with Crippen LogP contribution in [0.25, 0.3) is 0 Å². The molecule has 21 nitrogen and oxygen atoms in total. The molecular formula is C48H72O21. The summed E-state index contributed by atoms with van der Waals surface area (Å²) in [6.45, 7) is 15.3. The van der Waals surface area contributed by atoms with Gasteiger partial charge in [0.15, 0.2) is 43.3 Å². The number of aliphatic hydroxyl groups is 9. The molecule has 69 heavy (non-hydrogen) atoms. The summed E-state index contributed by atoms with van der Waals surface area (Å²) >= 11 is 0. The van der Waals surface area contributed by atoms with Crippen LogP contribution in [0.1, 0.15) is 106 Å². The number of carbonyl (C=O) groups is 4. The third kappa shape index (κ3) is 8.22. The maximum atomic E-state index is 13.1. The zero-order chi connectivity index (χ0) is 50.9. The fourth-order valence-electron chi connectivity index (χ4n) is 15.0. The van der Waals surface area contributed by atoms with E-state index in [1.54, 1.807) is 0 Å². The summed E-state index contributed by atoms with van der Waals surface area (Å²) in [5, 5.41) is 118. The van der Waals surface area contributed by atoms with E-state index in [9.17, 15) is 75.3 Å². The number of esters is 1. The van der Waals surface area contributed by atoms with Crippen LogP contribution >= 0.6 is 0 Å². The number of aliphatic carboxylic acids is 2. The highest BCUT2D eigenvalue weighted by Crippen LogP contribution is 2.76. The summed E-state index contributed by atoms with van der Waals surface area (Å²) in [6.07, 6.45) is -23.6. The van der Waals surface area contributed by atoms with Gasteiger partial charge in [-0.15, -0.1) is 0 Å². The molecule has 7 fully saturated rings. The van der Waals surface area contributed by atoms with Gasteiger partial charge in [-0.2, -0.15) is 0 Å². The number of ether oxygens (including phenoxy) is 6. The molecule has 3 heterocycles. The molecule has 0 aromatic heterocycles. The van der Waals surface area contributed by atoms with Gasteiger partial charge >= 0.3 is 17.9 Å². The van der Waals surface area contributed by atoms with Gasteiger partial charge in [-0.3, -0.25) is 0 Å². The standard InChI is InChI=1S/C48H72O21/c1-43(2)22-8-11-48(7)36(21(50)16-19-20-17-44(3,18-49)12-13-45(20,4)14-15-47(19,48)6)46(22,5)10-9-23(43)64-42-34(27(54)26(53)32(67-42)37(58)59)68-41-30(57)28(55)31(35(69-41)38(60)61)65-40(63)33-25(52)24(51)29(56)39(62)66-33/h16,18,20-36,39,41-42,50-57,62H,8-15,17H2,1-7H3,(H,58,59)(H,60,61)/t20-,21?,22-,23-,24?,25?,26-,27-,28+,29?,30+,31-,32-,33?,34+,35-,36?,39?,41+,42-,44-,45+,46-,47?,48+/m0/s1. The van der Waals surface area contributed by atoms with E-state index in [0.717, 1.165) is 51.2 Å². The maximum Gasteiger partial charge on any atom is 0.338 e. The number of carboxylic acid groups (broad SMARTS) is 2. The first-order valence-electron chi connectivity index (χ1n) is 24.2. The average molecular weight is 985 g/mol. The van der Waals surface area contributed by atoms with Gasteiger partial charge in [0, 0.05) is 11.3 Å². The second-order valence-corrected chi connectivity index (χ2v) is 23.5. The van der Waals surface area contributed by atoms with Gasteiger partial charge in [0.1, 0.15) is 55.1 Å². The first-order chi connectivity index (χ1) is 32.0. The fraction of sp³-hybridized carbons (Fsp3) is 0.875.